The largest absolute Gasteiger partial charge is 0.497 e. The molecule has 0 spiro atoms. The van der Waals surface area contributed by atoms with E-state index in [0.29, 0.717) is 17.9 Å². The van der Waals surface area contributed by atoms with Crippen molar-refractivity contribution >= 4 is 0 Å². The van der Waals surface area contributed by atoms with E-state index < -0.39 is 0 Å². The van der Waals surface area contributed by atoms with Crippen LogP contribution in [0.4, 0.5) is 4.39 Å². The van der Waals surface area contributed by atoms with Crippen molar-refractivity contribution in [1.82, 2.24) is 4.90 Å². The fourth-order valence-corrected chi connectivity index (χ4v) is 2.10. The van der Waals surface area contributed by atoms with E-state index in [1.807, 2.05) is 0 Å². The number of nitrogens with zero attached hydrogens (tertiary/aromatic N) is 1. The molecule has 0 atom stereocenters. The Kier molecular flexibility index (Phi) is 3.97. The van der Waals surface area contributed by atoms with E-state index in [1.165, 1.54) is 13.2 Å². The van der Waals surface area contributed by atoms with E-state index in [-0.39, 0.29) is 11.9 Å². The number of ether oxygens (including phenoxy) is 1. The molecule has 3 nitrogen and oxygen atoms in total. The summed E-state index contributed by atoms with van der Waals surface area (Å²) in [5.41, 5.74) is 0.683. The Labute approximate surface area is 101 Å². The molecule has 1 N–H and O–H groups in total. The molecule has 0 amide bonds. The second-order valence-electron chi connectivity index (χ2n) is 4.46. The SMILES string of the molecule is COc1ccc(CN2CCC(O)CC2)c(F)c1. The van der Waals surface area contributed by atoms with E-state index in [2.05, 4.69) is 4.90 Å². The summed E-state index contributed by atoms with van der Waals surface area (Å²) in [7, 11) is 1.53. The highest BCUT2D eigenvalue weighted by atomic mass is 19.1. The van der Waals surface area contributed by atoms with E-state index >= 15 is 0 Å². The summed E-state index contributed by atoms with van der Waals surface area (Å²) in [6.45, 7) is 2.25. The smallest absolute Gasteiger partial charge is 0.131 e. The first-order chi connectivity index (χ1) is 8.19. The fraction of sp³-hybridized carbons (Fsp3) is 0.538. The molecular formula is C13H18FNO2. The zero-order valence-corrected chi connectivity index (χ0v) is 10.0. The van der Waals surface area contributed by atoms with Crippen molar-refractivity contribution < 1.29 is 14.2 Å². The summed E-state index contributed by atoms with van der Waals surface area (Å²) in [4.78, 5) is 2.16. The summed E-state index contributed by atoms with van der Waals surface area (Å²) in [6.07, 6.45) is 1.36. The highest BCUT2D eigenvalue weighted by molar-refractivity contribution is 5.28. The van der Waals surface area contributed by atoms with Gasteiger partial charge in [-0.1, -0.05) is 6.07 Å². The number of piperidine rings is 1. The molecule has 1 aromatic carbocycles. The monoisotopic (exact) mass is 239 g/mol. The fourth-order valence-electron chi connectivity index (χ4n) is 2.10. The zero-order chi connectivity index (χ0) is 12.3. The molecule has 2 rings (SSSR count). The summed E-state index contributed by atoms with van der Waals surface area (Å²) < 4.78 is 18.7. The molecule has 0 saturated carbocycles. The maximum absolute atomic E-state index is 13.7. The van der Waals surface area contributed by atoms with Gasteiger partial charge in [0.1, 0.15) is 11.6 Å². The molecule has 1 aliphatic heterocycles. The Bertz CT molecular complexity index is 376. The third-order valence-corrected chi connectivity index (χ3v) is 3.21. The van der Waals surface area contributed by atoms with Crippen molar-refractivity contribution in [2.24, 2.45) is 0 Å². The zero-order valence-electron chi connectivity index (χ0n) is 10.0. The number of methoxy groups -OCH3 is 1. The van der Waals surface area contributed by atoms with Crippen LogP contribution in [0, 0.1) is 5.82 Å². The van der Waals surface area contributed by atoms with Crippen molar-refractivity contribution in [1.29, 1.82) is 0 Å². The molecule has 94 valence electrons. The number of benzene rings is 1. The molecule has 1 aromatic rings. The van der Waals surface area contributed by atoms with E-state index in [0.717, 1.165) is 25.9 Å². The van der Waals surface area contributed by atoms with Gasteiger partial charge in [-0.3, -0.25) is 4.90 Å². The average molecular weight is 239 g/mol. The molecule has 1 fully saturated rings. The van der Waals surface area contributed by atoms with Gasteiger partial charge in [0.05, 0.1) is 13.2 Å². The first kappa shape index (κ1) is 12.3. The van der Waals surface area contributed by atoms with Crippen LogP contribution in [-0.2, 0) is 6.54 Å². The molecule has 1 saturated heterocycles. The number of hydrogen-bond acceptors (Lipinski definition) is 3. The van der Waals surface area contributed by atoms with Gasteiger partial charge in [-0.15, -0.1) is 0 Å². The summed E-state index contributed by atoms with van der Waals surface area (Å²) >= 11 is 0. The van der Waals surface area contributed by atoms with Crippen molar-refractivity contribution in [3.8, 4) is 5.75 Å². The second-order valence-corrected chi connectivity index (χ2v) is 4.46. The van der Waals surface area contributed by atoms with E-state index in [9.17, 15) is 9.50 Å². The Hall–Kier alpha value is -1.13. The number of hydrogen-bond donors (Lipinski definition) is 1. The average Bonchev–Trinajstić information content (AvgIpc) is 2.34. The normalized spacial score (nSPS) is 18.3. The highest BCUT2D eigenvalue weighted by Crippen LogP contribution is 2.19. The maximum atomic E-state index is 13.7. The highest BCUT2D eigenvalue weighted by Gasteiger charge is 2.18. The number of rotatable bonds is 3. The van der Waals surface area contributed by atoms with Crippen molar-refractivity contribution in [2.75, 3.05) is 20.2 Å². The van der Waals surface area contributed by atoms with Crippen LogP contribution < -0.4 is 4.74 Å². The summed E-state index contributed by atoms with van der Waals surface area (Å²) in [5, 5.41) is 9.40. The van der Waals surface area contributed by atoms with Crippen LogP contribution in [0.15, 0.2) is 18.2 Å². The molecule has 4 heteroatoms. The van der Waals surface area contributed by atoms with Crippen LogP contribution in [0.25, 0.3) is 0 Å². The summed E-state index contributed by atoms with van der Waals surface area (Å²) in [5.74, 6) is 0.316. The quantitative estimate of drug-likeness (QED) is 0.873. The van der Waals surface area contributed by atoms with Gasteiger partial charge in [-0.05, 0) is 18.9 Å². The number of aliphatic hydroxyl groups is 1. The van der Waals surface area contributed by atoms with Crippen LogP contribution in [0.2, 0.25) is 0 Å². The third kappa shape index (κ3) is 3.17. The predicted molar refractivity (Wildman–Crippen MR) is 63.5 cm³/mol. The van der Waals surface area contributed by atoms with Crippen LogP contribution in [0.3, 0.4) is 0 Å². The Morgan fingerprint density at radius 1 is 1.41 bits per heavy atom. The van der Waals surface area contributed by atoms with Gasteiger partial charge < -0.3 is 9.84 Å². The predicted octanol–water partition coefficient (Wildman–Crippen LogP) is 1.79. The van der Waals surface area contributed by atoms with Crippen molar-refractivity contribution in [3.63, 3.8) is 0 Å². The lowest BCUT2D eigenvalue weighted by atomic mass is 10.1. The number of likely N-dealkylation sites (tertiary alicyclic amines) is 1. The Morgan fingerprint density at radius 3 is 2.71 bits per heavy atom. The molecule has 1 heterocycles. The van der Waals surface area contributed by atoms with Gasteiger partial charge in [-0.25, -0.2) is 4.39 Å². The molecular weight excluding hydrogens is 221 g/mol. The van der Waals surface area contributed by atoms with Gasteiger partial charge >= 0.3 is 0 Å². The second kappa shape index (κ2) is 5.47. The van der Waals surface area contributed by atoms with Crippen molar-refractivity contribution in [3.05, 3.63) is 29.6 Å². The lowest BCUT2D eigenvalue weighted by molar-refractivity contribution is 0.0787. The molecule has 0 radical (unpaired) electrons. The van der Waals surface area contributed by atoms with Crippen LogP contribution >= 0.6 is 0 Å². The molecule has 0 aliphatic carbocycles. The topological polar surface area (TPSA) is 32.7 Å². The van der Waals surface area contributed by atoms with Crippen molar-refractivity contribution in [2.45, 2.75) is 25.5 Å². The molecule has 0 unspecified atom stereocenters. The van der Waals surface area contributed by atoms with Gasteiger partial charge in [-0.2, -0.15) is 0 Å². The first-order valence-corrected chi connectivity index (χ1v) is 5.92. The first-order valence-electron chi connectivity index (χ1n) is 5.92. The van der Waals surface area contributed by atoms with Gasteiger partial charge in [0.25, 0.3) is 0 Å². The maximum Gasteiger partial charge on any atom is 0.131 e. The Morgan fingerprint density at radius 2 is 2.12 bits per heavy atom. The third-order valence-electron chi connectivity index (χ3n) is 3.21. The van der Waals surface area contributed by atoms with E-state index in [4.69, 9.17) is 4.74 Å². The van der Waals surface area contributed by atoms with Crippen LogP contribution in [-0.4, -0.2) is 36.3 Å². The number of halogens is 1. The summed E-state index contributed by atoms with van der Waals surface area (Å²) in [6, 6.07) is 4.95. The van der Waals surface area contributed by atoms with E-state index in [1.54, 1.807) is 12.1 Å². The molecule has 1 aliphatic rings. The van der Waals surface area contributed by atoms with Gasteiger partial charge in [0.15, 0.2) is 0 Å². The molecule has 17 heavy (non-hydrogen) atoms. The van der Waals surface area contributed by atoms with Gasteiger partial charge in [0, 0.05) is 31.3 Å². The minimum Gasteiger partial charge on any atom is -0.497 e. The lowest BCUT2D eigenvalue weighted by Gasteiger charge is -2.29. The number of aliphatic hydroxyl groups excluding tert-OH is 1. The standard InChI is InChI=1S/C13H18FNO2/c1-17-12-3-2-10(13(14)8-12)9-15-6-4-11(16)5-7-15/h2-3,8,11,16H,4-7,9H2,1H3. The molecule has 0 aromatic heterocycles. The van der Waals surface area contributed by atoms with Crippen LogP contribution in [0.1, 0.15) is 18.4 Å². The molecule has 0 bridgehead atoms. The van der Waals surface area contributed by atoms with Crippen LogP contribution in [0.5, 0.6) is 5.75 Å². The minimum absolute atomic E-state index is 0.188. The van der Waals surface area contributed by atoms with Gasteiger partial charge in [0.2, 0.25) is 0 Å². The Balaban J connectivity index is 1.99. The minimum atomic E-state index is -0.226. The lowest BCUT2D eigenvalue weighted by Crippen LogP contribution is -2.35.